The predicted octanol–water partition coefficient (Wildman–Crippen LogP) is 4.03. The van der Waals surface area contributed by atoms with Crippen molar-refractivity contribution in [1.82, 2.24) is 0 Å². The maximum atomic E-state index is 9.85. The Balaban J connectivity index is 3.09. The lowest BCUT2D eigenvalue weighted by Crippen LogP contribution is -1.92. The predicted molar refractivity (Wildman–Crippen MR) is 60.4 cm³/mol. The van der Waals surface area contributed by atoms with Crippen molar-refractivity contribution >= 4 is 17.7 Å². The van der Waals surface area contributed by atoms with E-state index in [1.54, 1.807) is 0 Å². The topological polar surface area (TPSA) is 29.4 Å². The molecule has 0 fully saturated rings. The Morgan fingerprint density at radius 2 is 1.71 bits per heavy atom. The maximum Gasteiger partial charge on any atom is 0.236 e. The molecule has 0 radical (unpaired) electrons. The highest BCUT2D eigenvalue weighted by Crippen LogP contribution is 2.12. The lowest BCUT2D eigenvalue weighted by atomic mass is 10.1. The van der Waals surface area contributed by atoms with E-state index in [1.807, 2.05) is 0 Å². The van der Waals surface area contributed by atoms with Gasteiger partial charge in [-0.1, -0.05) is 63.5 Å². The van der Waals surface area contributed by atoms with Crippen molar-refractivity contribution in [2.75, 3.05) is 0 Å². The molecule has 0 heterocycles. The number of halogens is 1. The van der Waals surface area contributed by atoms with Crippen LogP contribution >= 0.6 is 11.6 Å². The van der Waals surface area contributed by atoms with Crippen molar-refractivity contribution in [2.45, 2.75) is 63.8 Å². The van der Waals surface area contributed by atoms with Gasteiger partial charge < -0.3 is 0 Å². The summed E-state index contributed by atoms with van der Waals surface area (Å²) in [4.78, 5) is 13.3. The van der Waals surface area contributed by atoms with Gasteiger partial charge in [-0.15, -0.1) is 0 Å². The molecule has 0 aliphatic heterocycles. The van der Waals surface area contributed by atoms with E-state index in [4.69, 9.17) is 11.6 Å². The van der Waals surface area contributed by atoms with Gasteiger partial charge >= 0.3 is 0 Å². The third kappa shape index (κ3) is 9.76. The smallest absolute Gasteiger partial charge is 0.211 e. The Kier molecular flexibility index (Phi) is 10.5. The highest BCUT2D eigenvalue weighted by atomic mass is 35.5. The van der Waals surface area contributed by atoms with Crippen molar-refractivity contribution in [3.63, 3.8) is 0 Å². The van der Waals surface area contributed by atoms with Gasteiger partial charge in [0.05, 0.1) is 0 Å². The summed E-state index contributed by atoms with van der Waals surface area (Å²) in [5, 5.41) is 0. The van der Waals surface area contributed by atoms with Gasteiger partial charge in [0, 0.05) is 0 Å². The molecule has 0 aliphatic carbocycles. The van der Waals surface area contributed by atoms with Gasteiger partial charge in [0.25, 0.3) is 0 Å². The zero-order valence-electron chi connectivity index (χ0n) is 8.97. The number of carbonyl (C=O) groups excluding carboxylic acids is 1. The number of isocyanates is 1. The van der Waals surface area contributed by atoms with Gasteiger partial charge in [-0.25, -0.2) is 4.79 Å². The van der Waals surface area contributed by atoms with E-state index >= 15 is 0 Å². The molecule has 0 bridgehead atoms. The molecule has 0 amide bonds. The molecular weight excluding hydrogens is 198 g/mol. The lowest BCUT2D eigenvalue weighted by molar-refractivity contribution is 0.553. The van der Waals surface area contributed by atoms with Gasteiger partial charge in [0.15, 0.2) is 0 Å². The zero-order valence-corrected chi connectivity index (χ0v) is 9.72. The van der Waals surface area contributed by atoms with E-state index < -0.39 is 0 Å². The molecule has 0 aromatic heterocycles. The van der Waals surface area contributed by atoms with Crippen LogP contribution in [0, 0.1) is 0 Å². The molecule has 0 rings (SSSR count). The highest BCUT2D eigenvalue weighted by molar-refractivity contribution is 6.20. The van der Waals surface area contributed by atoms with Crippen LogP contribution in [0.25, 0.3) is 0 Å². The molecule has 1 unspecified atom stereocenters. The summed E-state index contributed by atoms with van der Waals surface area (Å²) in [7, 11) is 0. The van der Waals surface area contributed by atoms with Crippen LogP contribution in [0.2, 0.25) is 0 Å². The van der Waals surface area contributed by atoms with Gasteiger partial charge in [-0.3, -0.25) is 0 Å². The number of alkyl halides is 1. The largest absolute Gasteiger partial charge is 0.236 e. The minimum Gasteiger partial charge on any atom is -0.211 e. The summed E-state index contributed by atoms with van der Waals surface area (Å²) in [6, 6.07) is 0. The van der Waals surface area contributed by atoms with Crippen LogP contribution < -0.4 is 0 Å². The minimum absolute atomic E-state index is 0.358. The van der Waals surface area contributed by atoms with Crippen molar-refractivity contribution in [3.8, 4) is 0 Å². The molecule has 0 saturated carbocycles. The molecule has 0 N–H and O–H groups in total. The van der Waals surface area contributed by atoms with E-state index in [2.05, 4.69) is 11.9 Å². The van der Waals surface area contributed by atoms with Crippen molar-refractivity contribution < 1.29 is 4.79 Å². The van der Waals surface area contributed by atoms with Crippen LogP contribution in [0.4, 0.5) is 0 Å². The minimum atomic E-state index is -0.358. The summed E-state index contributed by atoms with van der Waals surface area (Å²) < 4.78 is 0. The Morgan fingerprint density at radius 1 is 1.14 bits per heavy atom. The molecule has 0 aromatic rings. The van der Waals surface area contributed by atoms with Crippen LogP contribution in [-0.2, 0) is 4.79 Å². The van der Waals surface area contributed by atoms with Gasteiger partial charge in [-0.05, 0) is 6.42 Å². The molecule has 3 heteroatoms. The van der Waals surface area contributed by atoms with E-state index in [0.29, 0.717) is 0 Å². The Hall–Kier alpha value is -0.330. The third-order valence-electron chi connectivity index (χ3n) is 2.24. The van der Waals surface area contributed by atoms with E-state index in [0.717, 1.165) is 12.8 Å². The normalized spacial score (nSPS) is 12.1. The summed E-state index contributed by atoms with van der Waals surface area (Å²) in [5.74, 6) is 0. The SMILES string of the molecule is CCCCCCCCCC(Cl)N=C=O. The molecule has 0 saturated heterocycles. The van der Waals surface area contributed by atoms with Crippen LogP contribution in [0.15, 0.2) is 4.99 Å². The fraction of sp³-hybridized carbons (Fsp3) is 0.909. The van der Waals surface area contributed by atoms with Crippen LogP contribution in [0.1, 0.15) is 58.3 Å². The molecule has 2 nitrogen and oxygen atoms in total. The highest BCUT2D eigenvalue weighted by Gasteiger charge is 2.00. The van der Waals surface area contributed by atoms with Crippen LogP contribution in [-0.4, -0.2) is 11.6 Å². The van der Waals surface area contributed by atoms with Gasteiger partial charge in [-0.2, -0.15) is 4.99 Å². The first-order valence-electron chi connectivity index (χ1n) is 5.52. The van der Waals surface area contributed by atoms with Gasteiger partial charge in [0.1, 0.15) is 5.50 Å². The molecule has 0 aliphatic rings. The summed E-state index contributed by atoms with van der Waals surface area (Å²) in [6.07, 6.45) is 11.1. The third-order valence-corrected chi connectivity index (χ3v) is 2.55. The van der Waals surface area contributed by atoms with Crippen molar-refractivity contribution in [3.05, 3.63) is 0 Å². The fourth-order valence-corrected chi connectivity index (χ4v) is 1.59. The number of aliphatic imine (C=N–C) groups is 1. The Labute approximate surface area is 91.7 Å². The number of rotatable bonds is 9. The molecule has 82 valence electrons. The second kappa shape index (κ2) is 10.7. The lowest BCUT2D eigenvalue weighted by Gasteiger charge is -2.02. The van der Waals surface area contributed by atoms with E-state index in [-0.39, 0.29) is 5.50 Å². The van der Waals surface area contributed by atoms with Crippen molar-refractivity contribution in [1.29, 1.82) is 0 Å². The number of nitrogens with zero attached hydrogens (tertiary/aromatic N) is 1. The second-order valence-corrected chi connectivity index (χ2v) is 4.07. The summed E-state index contributed by atoms with van der Waals surface area (Å²) in [6.45, 7) is 2.22. The molecular formula is C11H20ClNO. The van der Waals surface area contributed by atoms with Crippen LogP contribution in [0.5, 0.6) is 0 Å². The van der Waals surface area contributed by atoms with Crippen LogP contribution in [0.3, 0.4) is 0 Å². The van der Waals surface area contributed by atoms with E-state index in [9.17, 15) is 4.79 Å². The zero-order chi connectivity index (χ0) is 10.6. The Bertz CT molecular complexity index is 167. The average Bonchev–Trinajstić information content (AvgIpc) is 2.17. The second-order valence-electron chi connectivity index (χ2n) is 3.56. The molecule has 0 aromatic carbocycles. The van der Waals surface area contributed by atoms with Crippen molar-refractivity contribution in [2.24, 2.45) is 4.99 Å². The monoisotopic (exact) mass is 217 g/mol. The molecule has 0 spiro atoms. The first-order chi connectivity index (χ1) is 6.81. The number of hydrogen-bond acceptors (Lipinski definition) is 2. The molecule has 1 atom stereocenters. The fourth-order valence-electron chi connectivity index (χ4n) is 1.39. The number of hydrogen-bond donors (Lipinski definition) is 0. The summed E-state index contributed by atoms with van der Waals surface area (Å²) in [5.41, 5.74) is -0.358. The standard InChI is InChI=1S/C11H20ClNO/c1-2-3-4-5-6-7-8-9-11(12)13-10-14/h11H,2-9H2,1H3. The molecule has 14 heavy (non-hydrogen) atoms. The average molecular weight is 218 g/mol. The van der Waals surface area contributed by atoms with Gasteiger partial charge in [0.2, 0.25) is 6.08 Å². The van der Waals surface area contributed by atoms with E-state index in [1.165, 1.54) is 44.6 Å². The first kappa shape index (κ1) is 13.7. The Morgan fingerprint density at radius 3 is 2.29 bits per heavy atom. The number of unbranched alkanes of at least 4 members (excludes halogenated alkanes) is 6. The quantitative estimate of drug-likeness (QED) is 0.189. The maximum absolute atomic E-state index is 9.85. The first-order valence-corrected chi connectivity index (χ1v) is 5.96. The summed E-state index contributed by atoms with van der Waals surface area (Å²) >= 11 is 5.71.